The molecule has 1 aliphatic heterocycles. The molecule has 0 radical (unpaired) electrons. The first kappa shape index (κ1) is 33.7. The number of hydrogen-bond donors (Lipinski definition) is 1. The lowest BCUT2D eigenvalue weighted by Crippen LogP contribution is -2.68. The fraction of sp³-hybridized carbons (Fsp3) is 0.263. The highest BCUT2D eigenvalue weighted by atomic mass is 35.5. The summed E-state index contributed by atoms with van der Waals surface area (Å²) in [5, 5.41) is 14.2. The Morgan fingerprint density at radius 1 is 0.854 bits per heavy atom. The van der Waals surface area contributed by atoms with Gasteiger partial charge in [-0.25, -0.2) is 0 Å². The molecule has 1 saturated heterocycles. The monoisotopic (exact) mass is 699 g/mol. The minimum absolute atomic E-state index is 0.00711. The van der Waals surface area contributed by atoms with Gasteiger partial charge in [0, 0.05) is 34.1 Å². The van der Waals surface area contributed by atoms with Gasteiger partial charge in [0.1, 0.15) is 5.69 Å². The molecule has 10 heteroatoms. The van der Waals surface area contributed by atoms with Crippen molar-refractivity contribution < 1.29 is 9.59 Å². The zero-order valence-electron chi connectivity index (χ0n) is 26.6. The van der Waals surface area contributed by atoms with Crippen molar-refractivity contribution in [3.63, 3.8) is 0 Å². The minimum atomic E-state index is -1.29. The van der Waals surface area contributed by atoms with Gasteiger partial charge in [-0.15, -0.1) is 0 Å². The van der Waals surface area contributed by atoms with Crippen LogP contribution in [-0.4, -0.2) is 44.8 Å². The van der Waals surface area contributed by atoms with E-state index in [0.717, 1.165) is 27.8 Å². The highest BCUT2D eigenvalue weighted by Crippen LogP contribution is 2.42. The number of carbonyl (C=O) groups is 2. The Balaban J connectivity index is 1.25. The number of likely N-dealkylation sites (tertiary alicyclic amines) is 1. The van der Waals surface area contributed by atoms with Gasteiger partial charge in [0.05, 0.1) is 19.2 Å². The Bertz CT molecular complexity index is 1860. The van der Waals surface area contributed by atoms with E-state index in [4.69, 9.17) is 39.9 Å². The lowest BCUT2D eigenvalue weighted by atomic mass is 9.78. The molecule has 2 amide bonds. The van der Waals surface area contributed by atoms with Crippen molar-refractivity contribution in [2.24, 2.45) is 0 Å². The third kappa shape index (κ3) is 7.29. The lowest BCUT2D eigenvalue weighted by molar-refractivity contribution is -0.168. The van der Waals surface area contributed by atoms with E-state index in [-0.39, 0.29) is 24.2 Å². The topological polar surface area (TPSA) is 80.1 Å². The lowest BCUT2D eigenvalue weighted by Gasteiger charge is -2.49. The zero-order valence-corrected chi connectivity index (χ0v) is 28.8. The van der Waals surface area contributed by atoms with Gasteiger partial charge in [-0.1, -0.05) is 114 Å². The van der Waals surface area contributed by atoms with E-state index >= 15 is 0 Å². The molecule has 1 fully saturated rings. The normalized spacial score (nSPS) is 15.9. The van der Waals surface area contributed by atoms with Gasteiger partial charge in [0.25, 0.3) is 5.91 Å². The molecule has 6 rings (SSSR count). The van der Waals surface area contributed by atoms with Crippen molar-refractivity contribution in [3.05, 3.63) is 152 Å². The van der Waals surface area contributed by atoms with Crippen molar-refractivity contribution in [1.29, 1.82) is 0 Å². The number of β-lactam (4-membered cyclic amide) rings is 1. The summed E-state index contributed by atoms with van der Waals surface area (Å²) >= 11 is 19.0. The van der Waals surface area contributed by atoms with Crippen LogP contribution in [0.2, 0.25) is 15.1 Å². The number of benzene rings is 4. The molecule has 2 heterocycles. The Labute approximate surface area is 295 Å². The molecule has 0 unspecified atom stereocenters. The van der Waals surface area contributed by atoms with Crippen LogP contribution in [0.25, 0.3) is 0 Å². The SMILES string of the molecule is Cc1ccc(CCNC(=O)[C@]2(c3cnn(CCc4ccc(Cl)cc4Cl)n3)CC(=O)N2CCC(c2ccccc2)c2ccccc2)c(Cl)c1. The van der Waals surface area contributed by atoms with E-state index < -0.39 is 5.54 Å². The van der Waals surface area contributed by atoms with Crippen molar-refractivity contribution in [2.45, 2.75) is 50.6 Å². The average molecular weight is 701 g/mol. The molecule has 246 valence electrons. The molecule has 7 nitrogen and oxygen atoms in total. The standard InChI is InChI=1S/C38H36Cl3N5O2/c1-26-12-13-29(33(40)22-26)16-19-42-37(48)38(35-25-43-46(44-35)21-17-30-14-15-31(39)23-34(30)41)24-36(47)45(38)20-18-32(27-8-4-2-5-9-27)28-10-6-3-7-11-28/h2-15,22-23,25,32H,16-21,24H2,1H3,(H,42,48)/t38-/m1/s1. The smallest absolute Gasteiger partial charge is 0.252 e. The summed E-state index contributed by atoms with van der Waals surface area (Å²) in [7, 11) is 0. The van der Waals surface area contributed by atoms with E-state index in [1.54, 1.807) is 28.0 Å². The quantitative estimate of drug-likeness (QED) is 0.127. The predicted octanol–water partition coefficient (Wildman–Crippen LogP) is 7.80. The maximum atomic E-state index is 14.2. The second kappa shape index (κ2) is 14.9. The highest BCUT2D eigenvalue weighted by molar-refractivity contribution is 6.35. The maximum absolute atomic E-state index is 14.2. The molecule has 1 aromatic heterocycles. The van der Waals surface area contributed by atoms with E-state index in [1.165, 1.54) is 0 Å². The average Bonchev–Trinajstić information content (AvgIpc) is 3.55. The van der Waals surface area contributed by atoms with Crippen LogP contribution in [0.3, 0.4) is 0 Å². The summed E-state index contributed by atoms with van der Waals surface area (Å²) in [5.41, 5.74) is 4.37. The fourth-order valence-electron chi connectivity index (χ4n) is 6.40. The number of nitrogens with one attached hydrogen (secondary N) is 1. The number of nitrogens with zero attached hydrogens (tertiary/aromatic N) is 4. The molecule has 4 aromatic carbocycles. The van der Waals surface area contributed by atoms with Crippen molar-refractivity contribution in [2.75, 3.05) is 13.1 Å². The fourth-order valence-corrected chi connectivity index (χ4v) is 7.23. The predicted molar refractivity (Wildman–Crippen MR) is 190 cm³/mol. The number of rotatable bonds is 13. The second-order valence-electron chi connectivity index (χ2n) is 12.2. The van der Waals surface area contributed by atoms with E-state index in [1.807, 2.05) is 67.6 Å². The molecular weight excluding hydrogens is 665 g/mol. The van der Waals surface area contributed by atoms with Gasteiger partial charge in [-0.2, -0.15) is 15.0 Å². The number of carbonyl (C=O) groups excluding carboxylic acids is 2. The van der Waals surface area contributed by atoms with Gasteiger partial charge >= 0.3 is 0 Å². The summed E-state index contributed by atoms with van der Waals surface area (Å²) in [4.78, 5) is 30.9. The largest absolute Gasteiger partial charge is 0.353 e. The third-order valence-corrected chi connectivity index (χ3v) is 9.97. The van der Waals surface area contributed by atoms with Crippen LogP contribution in [0.5, 0.6) is 0 Å². The van der Waals surface area contributed by atoms with E-state index in [9.17, 15) is 9.59 Å². The molecule has 1 N–H and O–H groups in total. The van der Waals surface area contributed by atoms with Crippen LogP contribution in [-0.2, 0) is 34.5 Å². The van der Waals surface area contributed by atoms with Crippen LogP contribution in [0, 0.1) is 6.92 Å². The summed E-state index contributed by atoms with van der Waals surface area (Å²) in [6.07, 6.45) is 3.35. The molecular formula is C38H36Cl3N5O2. The summed E-state index contributed by atoms with van der Waals surface area (Å²) in [6.45, 7) is 3.13. The first-order chi connectivity index (χ1) is 23.2. The molecule has 0 bridgehead atoms. The zero-order chi connectivity index (χ0) is 33.7. The van der Waals surface area contributed by atoms with Crippen molar-refractivity contribution in [3.8, 4) is 0 Å². The van der Waals surface area contributed by atoms with Gasteiger partial charge in [-0.3, -0.25) is 9.59 Å². The summed E-state index contributed by atoms with van der Waals surface area (Å²) in [6, 6.07) is 31.8. The second-order valence-corrected chi connectivity index (χ2v) is 13.4. The minimum Gasteiger partial charge on any atom is -0.353 e. The van der Waals surface area contributed by atoms with Crippen molar-refractivity contribution >= 4 is 46.6 Å². The van der Waals surface area contributed by atoms with Crippen LogP contribution >= 0.6 is 34.8 Å². The van der Waals surface area contributed by atoms with Gasteiger partial charge in [0.15, 0.2) is 5.54 Å². The maximum Gasteiger partial charge on any atom is 0.252 e. The number of aryl methyl sites for hydroxylation is 3. The first-order valence-electron chi connectivity index (χ1n) is 16.0. The van der Waals surface area contributed by atoms with Crippen LogP contribution in [0.15, 0.2) is 103 Å². The number of aromatic nitrogens is 3. The van der Waals surface area contributed by atoms with E-state index in [0.29, 0.717) is 59.7 Å². The number of halogens is 3. The van der Waals surface area contributed by atoms with Crippen LogP contribution < -0.4 is 5.32 Å². The molecule has 48 heavy (non-hydrogen) atoms. The molecule has 0 saturated carbocycles. The summed E-state index contributed by atoms with van der Waals surface area (Å²) in [5.74, 6) is -0.353. The molecule has 0 spiro atoms. The molecule has 0 aliphatic carbocycles. The Kier molecular flexibility index (Phi) is 10.5. The molecule has 1 aliphatic rings. The highest BCUT2D eigenvalue weighted by Gasteiger charge is 2.59. The Morgan fingerprint density at radius 3 is 2.15 bits per heavy atom. The molecule has 1 atom stereocenters. The number of amides is 2. The van der Waals surface area contributed by atoms with Crippen LogP contribution in [0.4, 0.5) is 0 Å². The van der Waals surface area contributed by atoms with Crippen molar-refractivity contribution in [1.82, 2.24) is 25.2 Å². The van der Waals surface area contributed by atoms with Gasteiger partial charge in [-0.05, 0) is 72.2 Å². The van der Waals surface area contributed by atoms with Gasteiger partial charge < -0.3 is 10.2 Å². The van der Waals surface area contributed by atoms with E-state index in [2.05, 4.69) is 34.7 Å². The Hall–Kier alpha value is -4.17. The van der Waals surface area contributed by atoms with Gasteiger partial charge in [0.2, 0.25) is 5.91 Å². The first-order valence-corrected chi connectivity index (χ1v) is 17.2. The Morgan fingerprint density at radius 2 is 1.50 bits per heavy atom. The van der Waals surface area contributed by atoms with Crippen LogP contribution in [0.1, 0.15) is 52.3 Å². The third-order valence-electron chi connectivity index (χ3n) is 9.03. The molecule has 5 aromatic rings. The summed E-state index contributed by atoms with van der Waals surface area (Å²) < 4.78 is 0. The number of hydrogen-bond acceptors (Lipinski definition) is 4.